The average Bonchev–Trinajstić information content (AvgIpc) is 2.48. The minimum absolute atomic E-state index is 0.0688. The summed E-state index contributed by atoms with van der Waals surface area (Å²) in [7, 11) is 0. The second-order valence-corrected chi connectivity index (χ2v) is 7.55. The molecule has 0 spiro atoms. The maximum Gasteiger partial charge on any atom is 0.271 e. The molecule has 1 aliphatic carbocycles. The molecule has 0 aliphatic heterocycles. The highest BCUT2D eigenvalue weighted by atomic mass is 79.9. The van der Waals surface area contributed by atoms with Crippen molar-refractivity contribution >= 4 is 21.8 Å². The molecule has 1 aromatic rings. The number of amides is 1. The number of hydrogen-bond acceptors (Lipinski definition) is 2. The third kappa shape index (κ3) is 4.06. The smallest absolute Gasteiger partial charge is 0.271 e. The van der Waals surface area contributed by atoms with Crippen LogP contribution in [-0.4, -0.2) is 16.9 Å². The molecule has 21 heavy (non-hydrogen) atoms. The zero-order valence-electron chi connectivity index (χ0n) is 13.2. The molecule has 0 aromatic carbocycles. The molecule has 1 saturated carbocycles. The van der Waals surface area contributed by atoms with Crippen LogP contribution in [0.3, 0.4) is 0 Å². The van der Waals surface area contributed by atoms with Crippen LogP contribution in [0.2, 0.25) is 0 Å². The van der Waals surface area contributed by atoms with E-state index in [2.05, 4.69) is 47.0 Å². The van der Waals surface area contributed by atoms with Crippen LogP contribution in [0.25, 0.3) is 0 Å². The number of pyridine rings is 1. The summed E-state index contributed by atoms with van der Waals surface area (Å²) in [5, 5.41) is 3.13. The van der Waals surface area contributed by atoms with E-state index >= 15 is 0 Å². The predicted molar refractivity (Wildman–Crippen MR) is 89.2 cm³/mol. The number of nitrogens with one attached hydrogen (secondary N) is 1. The second kappa shape index (κ2) is 6.91. The van der Waals surface area contributed by atoms with Crippen LogP contribution in [0, 0.1) is 11.3 Å². The molecule has 0 bridgehead atoms. The summed E-state index contributed by atoms with van der Waals surface area (Å²) in [4.78, 5) is 16.4. The first-order valence-electron chi connectivity index (χ1n) is 7.85. The topological polar surface area (TPSA) is 42.0 Å². The minimum Gasteiger partial charge on any atom is -0.348 e. The summed E-state index contributed by atoms with van der Waals surface area (Å²) >= 11 is 3.38. The normalized spacial score (nSPS) is 22.9. The van der Waals surface area contributed by atoms with Crippen LogP contribution < -0.4 is 5.32 Å². The highest BCUT2D eigenvalue weighted by Gasteiger charge is 2.32. The van der Waals surface area contributed by atoms with Gasteiger partial charge in [-0.25, -0.2) is 4.98 Å². The Hall–Kier alpha value is -0.900. The van der Waals surface area contributed by atoms with Gasteiger partial charge < -0.3 is 5.32 Å². The SMILES string of the molecule is CCC(C)(C)C1CCC(NC(=O)c2ncccc2Br)CC1. The number of carbonyl (C=O) groups excluding carboxylic acids is 1. The summed E-state index contributed by atoms with van der Waals surface area (Å²) in [6.07, 6.45) is 7.43. The van der Waals surface area contributed by atoms with Gasteiger partial charge in [0.15, 0.2) is 0 Å². The second-order valence-electron chi connectivity index (χ2n) is 6.70. The summed E-state index contributed by atoms with van der Waals surface area (Å²) < 4.78 is 0.753. The van der Waals surface area contributed by atoms with E-state index in [1.807, 2.05) is 12.1 Å². The Balaban J connectivity index is 1.89. The molecule has 4 heteroatoms. The van der Waals surface area contributed by atoms with Crippen molar-refractivity contribution < 1.29 is 4.79 Å². The largest absolute Gasteiger partial charge is 0.348 e. The van der Waals surface area contributed by atoms with Crippen molar-refractivity contribution in [2.24, 2.45) is 11.3 Å². The zero-order valence-corrected chi connectivity index (χ0v) is 14.7. The molecule has 1 aromatic heterocycles. The lowest BCUT2D eigenvalue weighted by molar-refractivity contribution is 0.0887. The van der Waals surface area contributed by atoms with Gasteiger partial charge in [-0.1, -0.05) is 27.2 Å². The van der Waals surface area contributed by atoms with Crippen molar-refractivity contribution in [2.45, 2.75) is 58.9 Å². The summed E-state index contributed by atoms with van der Waals surface area (Å²) in [5.74, 6) is 0.706. The van der Waals surface area contributed by atoms with E-state index in [1.54, 1.807) is 6.20 Å². The van der Waals surface area contributed by atoms with E-state index in [0.29, 0.717) is 11.1 Å². The Morgan fingerprint density at radius 1 is 1.38 bits per heavy atom. The number of carbonyl (C=O) groups is 1. The van der Waals surface area contributed by atoms with Gasteiger partial charge in [0.25, 0.3) is 5.91 Å². The summed E-state index contributed by atoms with van der Waals surface area (Å²) in [5.41, 5.74) is 0.896. The first-order chi connectivity index (χ1) is 9.94. The summed E-state index contributed by atoms with van der Waals surface area (Å²) in [6.45, 7) is 7.00. The van der Waals surface area contributed by atoms with Crippen molar-refractivity contribution in [3.63, 3.8) is 0 Å². The Morgan fingerprint density at radius 2 is 2.05 bits per heavy atom. The van der Waals surface area contributed by atoms with Gasteiger partial charge in [-0.05, 0) is 65.1 Å². The van der Waals surface area contributed by atoms with Crippen LogP contribution in [0.15, 0.2) is 22.8 Å². The lowest BCUT2D eigenvalue weighted by atomic mass is 9.69. The van der Waals surface area contributed by atoms with Gasteiger partial charge in [-0.15, -0.1) is 0 Å². The van der Waals surface area contributed by atoms with Crippen LogP contribution in [0.1, 0.15) is 63.4 Å². The molecule has 2 rings (SSSR count). The van der Waals surface area contributed by atoms with E-state index in [0.717, 1.165) is 23.2 Å². The predicted octanol–water partition coefficient (Wildman–Crippen LogP) is 4.57. The van der Waals surface area contributed by atoms with E-state index < -0.39 is 0 Å². The monoisotopic (exact) mass is 352 g/mol. The molecule has 116 valence electrons. The lowest BCUT2D eigenvalue weighted by Gasteiger charge is -2.39. The van der Waals surface area contributed by atoms with E-state index in [-0.39, 0.29) is 11.9 Å². The number of aromatic nitrogens is 1. The molecular weight excluding hydrogens is 328 g/mol. The van der Waals surface area contributed by atoms with Crippen LogP contribution in [0.4, 0.5) is 0 Å². The van der Waals surface area contributed by atoms with Crippen molar-refractivity contribution in [1.82, 2.24) is 10.3 Å². The average molecular weight is 353 g/mol. The molecule has 0 unspecified atom stereocenters. The molecule has 0 atom stereocenters. The van der Waals surface area contributed by atoms with Crippen LogP contribution in [0.5, 0.6) is 0 Å². The standard InChI is InChI=1S/C17H25BrN2O/c1-4-17(2,3)12-7-9-13(10-8-12)20-16(21)15-14(18)6-5-11-19-15/h5-6,11-13H,4,7-10H2,1-3H3,(H,20,21). The molecule has 3 nitrogen and oxygen atoms in total. The number of halogens is 1. The quantitative estimate of drug-likeness (QED) is 0.862. The number of hydrogen-bond donors (Lipinski definition) is 1. The molecule has 0 radical (unpaired) electrons. The van der Waals surface area contributed by atoms with Gasteiger partial charge in [0.05, 0.1) is 0 Å². The van der Waals surface area contributed by atoms with Crippen LogP contribution in [-0.2, 0) is 0 Å². The van der Waals surface area contributed by atoms with Gasteiger partial charge in [0, 0.05) is 16.7 Å². The van der Waals surface area contributed by atoms with Gasteiger partial charge in [-0.2, -0.15) is 0 Å². The minimum atomic E-state index is -0.0688. The molecule has 1 amide bonds. The van der Waals surface area contributed by atoms with Crippen molar-refractivity contribution in [1.29, 1.82) is 0 Å². The Bertz CT molecular complexity index is 493. The van der Waals surface area contributed by atoms with E-state index in [4.69, 9.17) is 0 Å². The highest BCUT2D eigenvalue weighted by molar-refractivity contribution is 9.10. The lowest BCUT2D eigenvalue weighted by Crippen LogP contribution is -2.40. The Kier molecular flexibility index (Phi) is 5.42. The molecule has 1 heterocycles. The molecule has 0 saturated heterocycles. The fourth-order valence-electron chi connectivity index (χ4n) is 3.11. The van der Waals surface area contributed by atoms with Gasteiger partial charge in [-0.3, -0.25) is 4.79 Å². The van der Waals surface area contributed by atoms with Crippen LogP contribution >= 0.6 is 15.9 Å². The van der Waals surface area contributed by atoms with Crippen molar-refractivity contribution in [3.8, 4) is 0 Å². The maximum absolute atomic E-state index is 12.3. The third-order valence-corrected chi connectivity index (χ3v) is 5.69. The first kappa shape index (κ1) is 16.5. The third-order valence-electron chi connectivity index (χ3n) is 5.05. The summed E-state index contributed by atoms with van der Waals surface area (Å²) in [6, 6.07) is 3.96. The van der Waals surface area contributed by atoms with Crippen molar-refractivity contribution in [2.75, 3.05) is 0 Å². The molecular formula is C17H25BrN2O. The van der Waals surface area contributed by atoms with Crippen molar-refractivity contribution in [3.05, 3.63) is 28.5 Å². The van der Waals surface area contributed by atoms with Gasteiger partial charge >= 0.3 is 0 Å². The Labute approximate surface area is 136 Å². The number of rotatable bonds is 4. The fraction of sp³-hybridized carbons (Fsp3) is 0.647. The van der Waals surface area contributed by atoms with E-state index in [9.17, 15) is 4.79 Å². The molecule has 1 N–H and O–H groups in total. The fourth-order valence-corrected chi connectivity index (χ4v) is 3.55. The maximum atomic E-state index is 12.3. The number of nitrogens with zero attached hydrogens (tertiary/aromatic N) is 1. The zero-order chi connectivity index (χ0) is 15.5. The van der Waals surface area contributed by atoms with Gasteiger partial charge in [0.1, 0.15) is 5.69 Å². The highest BCUT2D eigenvalue weighted by Crippen LogP contribution is 2.40. The molecule has 1 fully saturated rings. The first-order valence-corrected chi connectivity index (χ1v) is 8.64. The van der Waals surface area contributed by atoms with Gasteiger partial charge in [0.2, 0.25) is 0 Å². The molecule has 1 aliphatic rings. The Morgan fingerprint density at radius 3 is 2.62 bits per heavy atom. The van der Waals surface area contributed by atoms with E-state index in [1.165, 1.54) is 19.3 Å².